The molecule has 0 saturated carbocycles. The van der Waals surface area contributed by atoms with E-state index in [4.69, 9.17) is 11.5 Å². The van der Waals surface area contributed by atoms with Crippen LogP contribution < -0.4 is 16.8 Å². The van der Waals surface area contributed by atoms with Crippen LogP contribution in [0.5, 0.6) is 0 Å². The summed E-state index contributed by atoms with van der Waals surface area (Å²) in [6.45, 7) is 3.87. The number of pyridine rings is 1. The first-order valence-electron chi connectivity index (χ1n) is 8.78. The molecule has 2 amide bonds. The smallest absolute Gasteiger partial charge is 0.268 e. The summed E-state index contributed by atoms with van der Waals surface area (Å²) in [4.78, 5) is 31.7. The molecule has 0 spiro atoms. The molecule has 0 radical (unpaired) electrons. The topological polar surface area (TPSA) is 111 Å². The minimum absolute atomic E-state index is 0.325. The lowest BCUT2D eigenvalue weighted by molar-refractivity contribution is 0.100. The second kappa shape index (κ2) is 6.61. The molecule has 0 atom stereocenters. The minimum atomic E-state index is -0.498. The van der Waals surface area contributed by atoms with E-state index in [1.807, 2.05) is 19.9 Å². The van der Waals surface area contributed by atoms with Crippen LogP contribution in [0.3, 0.4) is 0 Å². The Labute approximate surface area is 164 Å². The zero-order valence-corrected chi connectivity index (χ0v) is 16.8. The molecule has 5 N–H and O–H groups in total. The lowest BCUT2D eigenvalue weighted by atomic mass is 9.95. The van der Waals surface area contributed by atoms with Crippen LogP contribution in [0.15, 0.2) is 6.07 Å². The lowest BCUT2D eigenvalue weighted by Crippen LogP contribution is -2.18. The molecule has 3 aromatic rings. The number of nitrogen functional groups attached to an aromatic ring is 1. The fourth-order valence-corrected chi connectivity index (χ4v) is 6.11. The molecule has 4 rings (SSSR count). The van der Waals surface area contributed by atoms with Gasteiger partial charge in [0.05, 0.1) is 11.3 Å². The molecule has 1 aliphatic carbocycles. The maximum Gasteiger partial charge on any atom is 0.268 e. The number of aryl methyl sites for hydroxylation is 3. The summed E-state index contributed by atoms with van der Waals surface area (Å²) in [6.07, 6.45) is 3.87. The van der Waals surface area contributed by atoms with Gasteiger partial charge in [-0.15, -0.1) is 22.7 Å². The number of carbonyl (C=O) groups excluding carboxylic acids is 2. The summed E-state index contributed by atoms with van der Waals surface area (Å²) >= 11 is 2.72. The average molecular weight is 401 g/mol. The zero-order valence-electron chi connectivity index (χ0n) is 15.1. The van der Waals surface area contributed by atoms with Crippen molar-refractivity contribution < 1.29 is 9.59 Å². The highest BCUT2D eigenvalue weighted by atomic mass is 32.1. The van der Waals surface area contributed by atoms with Crippen LogP contribution in [0.1, 0.15) is 54.6 Å². The van der Waals surface area contributed by atoms with E-state index in [1.54, 1.807) is 0 Å². The Morgan fingerprint density at radius 3 is 2.67 bits per heavy atom. The standard InChI is InChI=1S/C19H20N4O2S2/c1-8-7-9(2)22-18-12(8)14(20)15(27-18)17(25)23-19-13(16(21)24)10-5-3-4-6-11(10)26-19/h7H,3-6,20H2,1-2H3,(H2,21,24)(H,23,25). The number of thiophene rings is 2. The molecule has 6 nitrogen and oxygen atoms in total. The van der Waals surface area contributed by atoms with Crippen molar-refractivity contribution >= 4 is 55.4 Å². The third kappa shape index (κ3) is 2.98. The highest BCUT2D eigenvalue weighted by molar-refractivity contribution is 7.21. The van der Waals surface area contributed by atoms with Crippen LogP contribution in [-0.2, 0) is 12.8 Å². The summed E-state index contributed by atoms with van der Waals surface area (Å²) in [5, 5.41) is 4.22. The van der Waals surface area contributed by atoms with Gasteiger partial charge in [0.15, 0.2) is 0 Å². The molecule has 0 saturated heterocycles. The fourth-order valence-electron chi connectivity index (χ4n) is 3.71. The lowest BCUT2D eigenvalue weighted by Gasteiger charge is -2.11. The number of carbonyl (C=O) groups is 2. The van der Waals surface area contributed by atoms with Gasteiger partial charge in [0.25, 0.3) is 11.8 Å². The number of nitrogens with one attached hydrogen (secondary N) is 1. The van der Waals surface area contributed by atoms with Gasteiger partial charge in [-0.05, 0) is 56.7 Å². The number of anilines is 2. The van der Waals surface area contributed by atoms with Gasteiger partial charge in [0, 0.05) is 16.0 Å². The number of hydrogen-bond acceptors (Lipinski definition) is 6. The van der Waals surface area contributed by atoms with E-state index in [0.717, 1.165) is 57.6 Å². The molecule has 140 valence electrons. The van der Waals surface area contributed by atoms with Crippen molar-refractivity contribution in [3.63, 3.8) is 0 Å². The second-order valence-corrected chi connectivity index (χ2v) is 8.94. The summed E-state index contributed by atoms with van der Waals surface area (Å²) in [6, 6.07) is 1.95. The summed E-state index contributed by atoms with van der Waals surface area (Å²) < 4.78 is 0. The van der Waals surface area contributed by atoms with E-state index < -0.39 is 5.91 Å². The van der Waals surface area contributed by atoms with Crippen LogP contribution in [0, 0.1) is 13.8 Å². The minimum Gasteiger partial charge on any atom is -0.397 e. The second-order valence-electron chi connectivity index (χ2n) is 6.84. The SMILES string of the molecule is Cc1cc(C)c2c(N)c(C(=O)Nc3sc4c(c3C(N)=O)CCCC4)sc2n1. The molecule has 0 aromatic carbocycles. The molecule has 0 aliphatic heterocycles. The van der Waals surface area contributed by atoms with Gasteiger partial charge in [-0.25, -0.2) is 4.98 Å². The molecular formula is C19H20N4O2S2. The van der Waals surface area contributed by atoms with Crippen molar-refractivity contribution in [3.8, 4) is 0 Å². The van der Waals surface area contributed by atoms with E-state index in [2.05, 4.69) is 10.3 Å². The molecule has 8 heteroatoms. The Morgan fingerprint density at radius 2 is 1.93 bits per heavy atom. The molecule has 0 unspecified atom stereocenters. The van der Waals surface area contributed by atoms with Gasteiger partial charge < -0.3 is 16.8 Å². The van der Waals surface area contributed by atoms with Crippen molar-refractivity contribution in [1.82, 2.24) is 4.98 Å². The number of primary amides is 1. The van der Waals surface area contributed by atoms with Crippen LogP contribution in [0.2, 0.25) is 0 Å². The number of nitrogens with two attached hydrogens (primary N) is 2. The van der Waals surface area contributed by atoms with Crippen molar-refractivity contribution in [1.29, 1.82) is 0 Å². The van der Waals surface area contributed by atoms with Crippen LogP contribution in [0.25, 0.3) is 10.2 Å². The number of aromatic nitrogens is 1. The Kier molecular flexibility index (Phi) is 4.39. The maximum absolute atomic E-state index is 12.9. The van der Waals surface area contributed by atoms with Gasteiger partial charge in [-0.2, -0.15) is 0 Å². The fraction of sp³-hybridized carbons (Fsp3) is 0.316. The van der Waals surface area contributed by atoms with Crippen molar-refractivity contribution in [2.24, 2.45) is 5.73 Å². The summed E-state index contributed by atoms with van der Waals surface area (Å²) in [5.41, 5.74) is 15.6. The van der Waals surface area contributed by atoms with Gasteiger partial charge >= 0.3 is 0 Å². The predicted octanol–water partition coefficient (Wildman–Crippen LogP) is 3.79. The van der Waals surface area contributed by atoms with Crippen molar-refractivity contribution in [2.75, 3.05) is 11.1 Å². The van der Waals surface area contributed by atoms with E-state index in [9.17, 15) is 9.59 Å². The number of nitrogens with zero attached hydrogens (tertiary/aromatic N) is 1. The number of rotatable bonds is 3. The van der Waals surface area contributed by atoms with Crippen LogP contribution in [0.4, 0.5) is 10.7 Å². The number of fused-ring (bicyclic) bond motifs is 2. The zero-order chi connectivity index (χ0) is 19.3. The monoisotopic (exact) mass is 400 g/mol. The first-order chi connectivity index (χ1) is 12.9. The van der Waals surface area contributed by atoms with Gasteiger partial charge in [-0.1, -0.05) is 0 Å². The van der Waals surface area contributed by atoms with Gasteiger partial charge in [0.2, 0.25) is 0 Å². The quantitative estimate of drug-likeness (QED) is 0.621. The molecule has 1 aliphatic rings. The third-order valence-electron chi connectivity index (χ3n) is 4.88. The Morgan fingerprint density at radius 1 is 1.19 bits per heavy atom. The van der Waals surface area contributed by atoms with Crippen molar-refractivity contribution in [2.45, 2.75) is 39.5 Å². The molecule has 3 aromatic heterocycles. The van der Waals surface area contributed by atoms with Crippen molar-refractivity contribution in [3.05, 3.63) is 38.2 Å². The van der Waals surface area contributed by atoms with E-state index in [1.165, 1.54) is 22.7 Å². The maximum atomic E-state index is 12.9. The molecule has 27 heavy (non-hydrogen) atoms. The average Bonchev–Trinajstić information content (AvgIpc) is 3.12. The largest absolute Gasteiger partial charge is 0.397 e. The Hall–Kier alpha value is -2.45. The molecule has 0 bridgehead atoms. The van der Waals surface area contributed by atoms with E-state index in [-0.39, 0.29) is 5.91 Å². The molecular weight excluding hydrogens is 380 g/mol. The summed E-state index contributed by atoms with van der Waals surface area (Å²) in [5.74, 6) is -0.823. The highest BCUT2D eigenvalue weighted by Crippen LogP contribution is 2.40. The molecule has 3 heterocycles. The van der Waals surface area contributed by atoms with E-state index >= 15 is 0 Å². The van der Waals surface area contributed by atoms with E-state index in [0.29, 0.717) is 21.1 Å². The Bertz CT molecular complexity index is 1100. The van der Waals surface area contributed by atoms with Crippen LogP contribution >= 0.6 is 22.7 Å². The van der Waals surface area contributed by atoms with Gasteiger partial charge in [-0.3, -0.25) is 9.59 Å². The summed E-state index contributed by atoms with van der Waals surface area (Å²) in [7, 11) is 0. The first-order valence-corrected chi connectivity index (χ1v) is 10.4. The predicted molar refractivity (Wildman–Crippen MR) is 111 cm³/mol. The first kappa shape index (κ1) is 17.9. The van der Waals surface area contributed by atoms with Crippen LogP contribution in [-0.4, -0.2) is 16.8 Å². The highest BCUT2D eigenvalue weighted by Gasteiger charge is 2.26. The number of hydrogen-bond donors (Lipinski definition) is 3. The molecule has 0 fully saturated rings. The van der Waals surface area contributed by atoms with Gasteiger partial charge in [0.1, 0.15) is 14.7 Å². The normalized spacial score (nSPS) is 13.6. The number of amides is 2. The third-order valence-corrected chi connectivity index (χ3v) is 7.18. The Balaban J connectivity index is 1.74.